The normalized spacial score (nSPS) is 10.2. The molecule has 0 aliphatic carbocycles. The molecule has 0 N–H and O–H groups in total. The van der Waals surface area contributed by atoms with Gasteiger partial charge in [-0.3, -0.25) is 0 Å². The average Bonchev–Trinajstić information content (AvgIpc) is 2.48. The van der Waals surface area contributed by atoms with Gasteiger partial charge in [0.05, 0.1) is 7.05 Å². The van der Waals surface area contributed by atoms with E-state index in [0.717, 1.165) is 5.56 Å². The van der Waals surface area contributed by atoms with Gasteiger partial charge < -0.3 is 5.11 Å². The smallest absolute Gasteiger partial charge is 0.276 e. The highest BCUT2D eigenvalue weighted by Crippen LogP contribution is 2.21. The zero-order chi connectivity index (χ0) is 9.26. The number of rotatable bonds is 1. The monoisotopic (exact) mass is 192 g/mol. The van der Waals surface area contributed by atoms with Crippen molar-refractivity contribution in [1.29, 1.82) is 0 Å². The van der Waals surface area contributed by atoms with E-state index in [1.807, 2.05) is 37.4 Å². The fraction of sp³-hybridized carbons (Fsp3) is 0.111. The predicted octanol–water partition coefficient (Wildman–Crippen LogP) is 0.708. The molecule has 0 bridgehead atoms. The molecule has 0 aliphatic heterocycles. The molecule has 4 heteroatoms. The lowest BCUT2D eigenvalue weighted by molar-refractivity contribution is -0.591. The van der Waals surface area contributed by atoms with Gasteiger partial charge in [0, 0.05) is 9.94 Å². The first-order valence-corrected chi connectivity index (χ1v) is 4.60. The van der Waals surface area contributed by atoms with E-state index in [0.29, 0.717) is 5.69 Å². The SMILES string of the molecule is C[n+]1snc([O-])c1-c1ccccc1. The molecule has 0 fully saturated rings. The van der Waals surface area contributed by atoms with Gasteiger partial charge in [0.25, 0.3) is 11.7 Å². The van der Waals surface area contributed by atoms with Crippen LogP contribution >= 0.6 is 11.7 Å². The van der Waals surface area contributed by atoms with Gasteiger partial charge in [-0.1, -0.05) is 30.3 Å². The second kappa shape index (κ2) is 3.14. The molecule has 0 atom stereocenters. The van der Waals surface area contributed by atoms with Gasteiger partial charge in [0.2, 0.25) is 0 Å². The van der Waals surface area contributed by atoms with Crippen molar-refractivity contribution in [3.8, 4) is 17.1 Å². The Labute approximate surface area is 80.2 Å². The van der Waals surface area contributed by atoms with Crippen LogP contribution in [0.1, 0.15) is 0 Å². The quantitative estimate of drug-likeness (QED) is 0.624. The van der Waals surface area contributed by atoms with Crippen LogP contribution in [0.5, 0.6) is 5.88 Å². The Hall–Kier alpha value is -1.42. The predicted molar refractivity (Wildman–Crippen MR) is 48.2 cm³/mol. The maximum atomic E-state index is 11.3. The molecule has 0 amide bonds. The molecular formula is C9H8N2OS. The highest BCUT2D eigenvalue weighted by molar-refractivity contribution is 6.95. The molecule has 2 rings (SSSR count). The van der Waals surface area contributed by atoms with E-state index in [-0.39, 0.29) is 5.88 Å². The summed E-state index contributed by atoms with van der Waals surface area (Å²) in [5, 5.41) is 11.3. The van der Waals surface area contributed by atoms with E-state index >= 15 is 0 Å². The minimum Gasteiger partial charge on any atom is -0.835 e. The van der Waals surface area contributed by atoms with Gasteiger partial charge >= 0.3 is 0 Å². The number of aryl methyl sites for hydroxylation is 1. The minimum atomic E-state index is -0.154. The number of nitrogens with zero attached hydrogens (tertiary/aromatic N) is 2. The Morgan fingerprint density at radius 2 is 2.00 bits per heavy atom. The number of hydrogen-bond acceptors (Lipinski definition) is 3. The summed E-state index contributed by atoms with van der Waals surface area (Å²) in [6.07, 6.45) is 0. The molecular weight excluding hydrogens is 184 g/mol. The van der Waals surface area contributed by atoms with Crippen molar-refractivity contribution in [3.63, 3.8) is 0 Å². The highest BCUT2D eigenvalue weighted by atomic mass is 32.1. The Morgan fingerprint density at radius 1 is 1.31 bits per heavy atom. The van der Waals surface area contributed by atoms with E-state index in [4.69, 9.17) is 0 Å². The Balaban J connectivity index is 2.59. The van der Waals surface area contributed by atoms with Crippen molar-refractivity contribution in [2.45, 2.75) is 0 Å². The number of hydrogen-bond donors (Lipinski definition) is 0. The Kier molecular flexibility index (Phi) is 1.98. The summed E-state index contributed by atoms with van der Waals surface area (Å²) in [5.41, 5.74) is 1.58. The van der Waals surface area contributed by atoms with E-state index in [9.17, 15) is 5.11 Å². The topological polar surface area (TPSA) is 39.8 Å². The second-order valence-electron chi connectivity index (χ2n) is 2.69. The molecule has 1 aromatic carbocycles. The first kappa shape index (κ1) is 8.19. The van der Waals surface area contributed by atoms with Crippen molar-refractivity contribution in [3.05, 3.63) is 30.3 Å². The lowest BCUT2D eigenvalue weighted by Gasteiger charge is -1.99. The summed E-state index contributed by atoms with van der Waals surface area (Å²) in [4.78, 5) is 0. The van der Waals surface area contributed by atoms with Gasteiger partial charge in [-0.15, -0.1) is 0 Å². The van der Waals surface area contributed by atoms with Crippen molar-refractivity contribution in [2.24, 2.45) is 7.05 Å². The van der Waals surface area contributed by atoms with E-state index in [1.54, 1.807) is 3.96 Å². The molecule has 0 spiro atoms. The van der Waals surface area contributed by atoms with E-state index in [2.05, 4.69) is 4.37 Å². The summed E-state index contributed by atoms with van der Waals surface area (Å²) in [6.45, 7) is 0. The largest absolute Gasteiger partial charge is 0.835 e. The fourth-order valence-corrected chi connectivity index (χ4v) is 1.77. The van der Waals surface area contributed by atoms with Crippen LogP contribution in [0.3, 0.4) is 0 Å². The van der Waals surface area contributed by atoms with Crippen LogP contribution in [0.15, 0.2) is 30.3 Å². The maximum Gasteiger partial charge on any atom is 0.276 e. The highest BCUT2D eigenvalue weighted by Gasteiger charge is 2.13. The van der Waals surface area contributed by atoms with Gasteiger partial charge in [-0.05, 0) is 0 Å². The fourth-order valence-electron chi connectivity index (χ4n) is 1.22. The molecule has 1 aromatic heterocycles. The van der Waals surface area contributed by atoms with E-state index < -0.39 is 0 Å². The van der Waals surface area contributed by atoms with Crippen molar-refractivity contribution >= 4 is 11.7 Å². The molecule has 2 aromatic rings. The van der Waals surface area contributed by atoms with Gasteiger partial charge in [-0.25, -0.2) is 0 Å². The van der Waals surface area contributed by atoms with Crippen LogP contribution in [0.4, 0.5) is 0 Å². The molecule has 1 heterocycles. The lowest BCUT2D eigenvalue weighted by atomic mass is 10.2. The minimum absolute atomic E-state index is 0.154. The van der Waals surface area contributed by atoms with Crippen LogP contribution < -0.4 is 9.06 Å². The molecule has 3 nitrogen and oxygen atoms in total. The summed E-state index contributed by atoms with van der Waals surface area (Å²) in [7, 11) is 1.83. The lowest BCUT2D eigenvalue weighted by Crippen LogP contribution is -2.24. The summed E-state index contributed by atoms with van der Waals surface area (Å²) >= 11 is 1.18. The zero-order valence-electron chi connectivity index (χ0n) is 7.10. The van der Waals surface area contributed by atoms with Crippen molar-refractivity contribution in [1.82, 2.24) is 4.37 Å². The maximum absolute atomic E-state index is 11.3. The van der Waals surface area contributed by atoms with E-state index in [1.165, 1.54) is 11.7 Å². The summed E-state index contributed by atoms with van der Waals surface area (Å²) in [5.74, 6) is -0.154. The van der Waals surface area contributed by atoms with Gasteiger partial charge in [-0.2, -0.15) is 3.96 Å². The molecule has 0 saturated heterocycles. The first-order valence-electron chi connectivity index (χ1n) is 3.87. The molecule has 13 heavy (non-hydrogen) atoms. The van der Waals surface area contributed by atoms with Gasteiger partial charge in [0.15, 0.2) is 11.6 Å². The molecule has 0 radical (unpaired) electrons. The third-order valence-corrected chi connectivity index (χ3v) is 2.49. The standard InChI is InChI=1S/C9H8N2OS/c1-11-8(9(12)10-13-11)7-5-3-2-4-6-7/h2-6H,1H3. The van der Waals surface area contributed by atoms with Gasteiger partial charge in [0.1, 0.15) is 0 Å². The Bertz CT molecular complexity index is 391. The van der Waals surface area contributed by atoms with Crippen molar-refractivity contribution < 1.29 is 9.06 Å². The number of benzene rings is 1. The zero-order valence-corrected chi connectivity index (χ0v) is 7.91. The first-order chi connectivity index (χ1) is 6.29. The molecule has 66 valence electrons. The average molecular weight is 192 g/mol. The van der Waals surface area contributed by atoms with Crippen LogP contribution in [0.2, 0.25) is 0 Å². The van der Waals surface area contributed by atoms with Crippen LogP contribution in [-0.2, 0) is 7.05 Å². The summed E-state index contributed by atoms with van der Waals surface area (Å²) < 4.78 is 5.52. The second-order valence-corrected chi connectivity index (χ2v) is 3.58. The molecule has 0 aliphatic rings. The Morgan fingerprint density at radius 3 is 2.54 bits per heavy atom. The van der Waals surface area contributed by atoms with Crippen LogP contribution in [0, 0.1) is 0 Å². The molecule has 0 unspecified atom stereocenters. The summed E-state index contributed by atoms with van der Waals surface area (Å²) in [6, 6.07) is 9.56. The third-order valence-electron chi connectivity index (χ3n) is 1.81. The van der Waals surface area contributed by atoms with Crippen LogP contribution in [-0.4, -0.2) is 4.37 Å². The number of aromatic nitrogens is 2. The van der Waals surface area contributed by atoms with Crippen LogP contribution in [0.25, 0.3) is 11.3 Å². The third kappa shape index (κ3) is 1.40. The van der Waals surface area contributed by atoms with Crippen molar-refractivity contribution in [2.75, 3.05) is 0 Å². The molecule has 0 saturated carbocycles.